The van der Waals surface area contributed by atoms with E-state index in [4.69, 9.17) is 5.73 Å². The summed E-state index contributed by atoms with van der Waals surface area (Å²) in [6, 6.07) is 10.2. The van der Waals surface area contributed by atoms with Gasteiger partial charge in [-0.1, -0.05) is 30.3 Å². The molecule has 92 valence electrons. The average Bonchev–Trinajstić information content (AvgIpc) is 3.12. The number of carbonyl (C=O) groups is 1. The van der Waals surface area contributed by atoms with Gasteiger partial charge in [-0.25, -0.2) is 9.67 Å². The number of nitrogens with two attached hydrogens (primary N) is 1. The Bertz CT molecular complexity index is 572. The summed E-state index contributed by atoms with van der Waals surface area (Å²) >= 11 is 0. The van der Waals surface area contributed by atoms with Crippen LogP contribution in [0.25, 0.3) is 11.4 Å². The van der Waals surface area contributed by atoms with E-state index < -0.39 is 0 Å². The lowest BCUT2D eigenvalue weighted by molar-refractivity contribution is -0.117. The molecule has 1 aliphatic carbocycles. The van der Waals surface area contributed by atoms with Crippen molar-refractivity contribution in [3.8, 4) is 11.4 Å². The summed E-state index contributed by atoms with van der Waals surface area (Å²) in [5.74, 6) is 0.964. The minimum atomic E-state index is -0.371. The van der Waals surface area contributed by atoms with Gasteiger partial charge in [-0.05, 0) is 12.8 Å². The first-order chi connectivity index (χ1) is 8.74. The molecule has 0 atom stereocenters. The Kier molecular flexibility index (Phi) is 2.59. The van der Waals surface area contributed by atoms with Crippen molar-refractivity contribution < 1.29 is 4.79 Å². The van der Waals surface area contributed by atoms with Crippen molar-refractivity contribution in [2.45, 2.75) is 25.3 Å². The van der Waals surface area contributed by atoms with E-state index >= 15 is 0 Å². The Hall–Kier alpha value is -2.17. The zero-order valence-electron chi connectivity index (χ0n) is 9.91. The highest BCUT2D eigenvalue weighted by atomic mass is 16.1. The highest BCUT2D eigenvalue weighted by Crippen LogP contribution is 2.35. The topological polar surface area (TPSA) is 73.8 Å². The summed E-state index contributed by atoms with van der Waals surface area (Å²) in [6.07, 6.45) is 2.35. The van der Waals surface area contributed by atoms with Gasteiger partial charge in [-0.2, -0.15) is 5.10 Å². The third-order valence-electron chi connectivity index (χ3n) is 2.96. The van der Waals surface area contributed by atoms with Crippen molar-refractivity contribution in [3.63, 3.8) is 0 Å². The quantitative estimate of drug-likeness (QED) is 0.878. The number of primary amides is 1. The molecule has 5 heteroatoms. The second-order valence-corrected chi connectivity index (χ2v) is 4.54. The summed E-state index contributed by atoms with van der Waals surface area (Å²) in [4.78, 5) is 15.5. The number of hydrogen-bond donors (Lipinski definition) is 1. The Balaban J connectivity index is 1.99. The Morgan fingerprint density at radius 1 is 1.33 bits per heavy atom. The molecule has 1 saturated carbocycles. The highest BCUT2D eigenvalue weighted by Gasteiger charge is 2.28. The standard InChI is InChI=1S/C13H14N4O/c14-11(18)8-12-15-13(9-4-2-1-3-5-9)16-17(12)10-6-7-10/h1-5,10H,6-8H2,(H2,14,18). The predicted molar refractivity (Wildman–Crippen MR) is 66.6 cm³/mol. The summed E-state index contributed by atoms with van der Waals surface area (Å²) in [7, 11) is 0. The van der Waals surface area contributed by atoms with Crippen molar-refractivity contribution in [3.05, 3.63) is 36.2 Å². The van der Waals surface area contributed by atoms with Crippen LogP contribution in [0.1, 0.15) is 24.7 Å². The lowest BCUT2D eigenvalue weighted by atomic mass is 10.2. The van der Waals surface area contributed by atoms with Crippen LogP contribution in [0.2, 0.25) is 0 Å². The molecule has 0 aliphatic heterocycles. The van der Waals surface area contributed by atoms with Crippen molar-refractivity contribution in [1.82, 2.24) is 14.8 Å². The molecule has 18 heavy (non-hydrogen) atoms. The van der Waals surface area contributed by atoms with E-state index in [1.54, 1.807) is 0 Å². The van der Waals surface area contributed by atoms with Crippen LogP contribution in [0, 0.1) is 0 Å². The first-order valence-corrected chi connectivity index (χ1v) is 6.03. The molecule has 0 saturated heterocycles. The fourth-order valence-corrected chi connectivity index (χ4v) is 1.95. The maximum Gasteiger partial charge on any atom is 0.225 e. The lowest BCUT2D eigenvalue weighted by Gasteiger charge is -2.00. The third-order valence-corrected chi connectivity index (χ3v) is 2.96. The van der Waals surface area contributed by atoms with Crippen LogP contribution in [0.3, 0.4) is 0 Å². The normalized spacial score (nSPS) is 14.7. The second kappa shape index (κ2) is 4.25. The molecule has 0 spiro atoms. The first kappa shape index (κ1) is 11.0. The third kappa shape index (κ3) is 2.11. The van der Waals surface area contributed by atoms with E-state index in [0.717, 1.165) is 18.4 Å². The number of benzene rings is 1. The number of rotatable bonds is 4. The van der Waals surface area contributed by atoms with E-state index in [9.17, 15) is 4.79 Å². The van der Waals surface area contributed by atoms with Gasteiger partial charge in [0.15, 0.2) is 5.82 Å². The van der Waals surface area contributed by atoms with Crippen molar-refractivity contribution in [2.24, 2.45) is 5.73 Å². The van der Waals surface area contributed by atoms with Gasteiger partial charge in [0, 0.05) is 5.56 Å². The van der Waals surface area contributed by atoms with Gasteiger partial charge >= 0.3 is 0 Å². The Morgan fingerprint density at radius 3 is 2.67 bits per heavy atom. The highest BCUT2D eigenvalue weighted by molar-refractivity contribution is 5.75. The van der Waals surface area contributed by atoms with E-state index in [1.807, 2.05) is 35.0 Å². The zero-order chi connectivity index (χ0) is 12.5. The molecule has 1 aliphatic rings. The molecule has 3 rings (SSSR count). The van der Waals surface area contributed by atoms with Crippen LogP contribution < -0.4 is 5.73 Å². The van der Waals surface area contributed by atoms with Crippen molar-refractivity contribution in [1.29, 1.82) is 0 Å². The molecule has 1 amide bonds. The molecule has 5 nitrogen and oxygen atoms in total. The Labute approximate surface area is 105 Å². The molecule has 0 bridgehead atoms. The molecule has 2 aromatic rings. The second-order valence-electron chi connectivity index (χ2n) is 4.54. The van der Waals surface area contributed by atoms with Gasteiger partial charge < -0.3 is 5.73 Å². The van der Waals surface area contributed by atoms with E-state index in [1.165, 1.54) is 0 Å². The van der Waals surface area contributed by atoms with E-state index in [-0.39, 0.29) is 12.3 Å². The summed E-state index contributed by atoms with van der Waals surface area (Å²) in [5.41, 5.74) is 6.20. The number of amides is 1. The van der Waals surface area contributed by atoms with Crippen LogP contribution in [0.4, 0.5) is 0 Å². The minimum absolute atomic E-state index is 0.149. The molecule has 1 aromatic heterocycles. The molecule has 2 N–H and O–H groups in total. The smallest absolute Gasteiger partial charge is 0.225 e. The number of hydrogen-bond acceptors (Lipinski definition) is 3. The van der Waals surface area contributed by atoms with Crippen LogP contribution in [-0.2, 0) is 11.2 Å². The molecule has 0 unspecified atom stereocenters. The molecule has 0 radical (unpaired) electrons. The summed E-state index contributed by atoms with van der Waals surface area (Å²) in [6.45, 7) is 0. The zero-order valence-corrected chi connectivity index (χ0v) is 9.91. The SMILES string of the molecule is NC(=O)Cc1nc(-c2ccccc2)nn1C1CC1. The average molecular weight is 242 g/mol. The fourth-order valence-electron chi connectivity index (χ4n) is 1.95. The number of carbonyl (C=O) groups excluding carboxylic acids is 1. The maximum atomic E-state index is 11.1. The van der Waals surface area contributed by atoms with Gasteiger partial charge in [0.05, 0.1) is 12.5 Å². The summed E-state index contributed by atoms with van der Waals surface area (Å²) < 4.78 is 1.85. The van der Waals surface area contributed by atoms with Gasteiger partial charge in [0.2, 0.25) is 5.91 Å². The number of nitrogens with zero attached hydrogens (tertiary/aromatic N) is 3. The van der Waals surface area contributed by atoms with Gasteiger partial charge in [-0.3, -0.25) is 4.79 Å². The molecular weight excluding hydrogens is 228 g/mol. The fraction of sp³-hybridized carbons (Fsp3) is 0.308. The van der Waals surface area contributed by atoms with Crippen LogP contribution in [-0.4, -0.2) is 20.7 Å². The van der Waals surface area contributed by atoms with Gasteiger partial charge in [-0.15, -0.1) is 0 Å². The van der Waals surface area contributed by atoms with Crippen LogP contribution in [0.15, 0.2) is 30.3 Å². The van der Waals surface area contributed by atoms with Crippen molar-refractivity contribution in [2.75, 3.05) is 0 Å². The van der Waals surface area contributed by atoms with Crippen molar-refractivity contribution >= 4 is 5.91 Å². The molecule has 1 aromatic carbocycles. The van der Waals surface area contributed by atoms with Gasteiger partial charge in [0.1, 0.15) is 5.82 Å². The number of aromatic nitrogens is 3. The van der Waals surface area contributed by atoms with Gasteiger partial charge in [0.25, 0.3) is 0 Å². The van der Waals surface area contributed by atoms with Crippen LogP contribution in [0.5, 0.6) is 0 Å². The van der Waals surface area contributed by atoms with E-state index in [0.29, 0.717) is 17.7 Å². The lowest BCUT2D eigenvalue weighted by Crippen LogP contribution is -2.17. The summed E-state index contributed by atoms with van der Waals surface area (Å²) in [5, 5.41) is 4.49. The molecule has 1 fully saturated rings. The Morgan fingerprint density at radius 2 is 2.06 bits per heavy atom. The molecule has 1 heterocycles. The monoisotopic (exact) mass is 242 g/mol. The largest absolute Gasteiger partial charge is 0.369 e. The van der Waals surface area contributed by atoms with Crippen LogP contribution >= 0.6 is 0 Å². The van der Waals surface area contributed by atoms with E-state index in [2.05, 4.69) is 10.1 Å². The predicted octanol–water partition coefficient (Wildman–Crippen LogP) is 1.31. The molecular formula is C13H14N4O. The first-order valence-electron chi connectivity index (χ1n) is 6.03. The minimum Gasteiger partial charge on any atom is -0.369 e. The maximum absolute atomic E-state index is 11.1.